The molecule has 0 saturated heterocycles. The van der Waals surface area contributed by atoms with Crippen LogP contribution in [0.4, 0.5) is 0 Å². The van der Waals surface area contributed by atoms with E-state index in [-0.39, 0.29) is 5.70 Å². The maximum absolute atomic E-state index is 12.3. The Morgan fingerprint density at radius 2 is 1.86 bits per heavy atom. The lowest BCUT2D eigenvalue weighted by Crippen LogP contribution is -2.06. The molecule has 4 nitrogen and oxygen atoms in total. The first-order valence-corrected chi connectivity index (χ1v) is 10.2. The van der Waals surface area contributed by atoms with E-state index in [1.165, 1.54) is 3.57 Å². The summed E-state index contributed by atoms with van der Waals surface area (Å²) in [6.07, 6.45) is 1.71. The monoisotopic (exact) mass is 495 g/mol. The predicted molar refractivity (Wildman–Crippen MR) is 122 cm³/mol. The van der Waals surface area contributed by atoms with Crippen molar-refractivity contribution in [3.8, 4) is 5.75 Å². The highest BCUT2D eigenvalue weighted by Crippen LogP contribution is 2.23. The van der Waals surface area contributed by atoms with Crippen molar-refractivity contribution in [1.29, 1.82) is 0 Å². The number of rotatable bonds is 5. The molecule has 144 valence electrons. The third-order valence-corrected chi connectivity index (χ3v) is 5.12. The van der Waals surface area contributed by atoms with Gasteiger partial charge in [0.2, 0.25) is 5.90 Å². The third-order valence-electron chi connectivity index (χ3n) is 4.45. The van der Waals surface area contributed by atoms with E-state index in [2.05, 4.69) is 33.6 Å². The van der Waals surface area contributed by atoms with E-state index >= 15 is 0 Å². The number of hydrogen-bond acceptors (Lipinski definition) is 4. The van der Waals surface area contributed by atoms with Gasteiger partial charge in [-0.2, -0.15) is 0 Å². The van der Waals surface area contributed by atoms with Crippen LogP contribution in [-0.4, -0.2) is 11.9 Å². The molecule has 1 aliphatic heterocycles. The number of nitrogens with zero attached hydrogens (tertiary/aromatic N) is 1. The summed E-state index contributed by atoms with van der Waals surface area (Å²) in [6, 6.07) is 23.4. The maximum Gasteiger partial charge on any atom is 0.363 e. The molecule has 5 heteroatoms. The normalized spacial score (nSPS) is 14.6. The van der Waals surface area contributed by atoms with Crippen LogP contribution in [0.2, 0.25) is 0 Å². The van der Waals surface area contributed by atoms with Crippen LogP contribution in [0.15, 0.2) is 83.5 Å². The molecular weight excluding hydrogens is 477 g/mol. The van der Waals surface area contributed by atoms with Crippen LogP contribution >= 0.6 is 22.6 Å². The third kappa shape index (κ3) is 4.74. The van der Waals surface area contributed by atoms with Crippen molar-refractivity contribution in [2.75, 3.05) is 0 Å². The number of carbonyl (C=O) groups excluding carboxylic acids is 1. The number of halogens is 1. The largest absolute Gasteiger partial charge is 0.489 e. The summed E-state index contributed by atoms with van der Waals surface area (Å²) >= 11 is 2.28. The topological polar surface area (TPSA) is 47.9 Å². The van der Waals surface area contributed by atoms with Gasteiger partial charge in [0.25, 0.3) is 0 Å². The van der Waals surface area contributed by atoms with Crippen molar-refractivity contribution in [3.05, 3.63) is 104 Å². The van der Waals surface area contributed by atoms with E-state index < -0.39 is 5.97 Å². The highest BCUT2D eigenvalue weighted by atomic mass is 127. The van der Waals surface area contributed by atoms with Crippen LogP contribution < -0.4 is 4.74 Å². The molecule has 0 radical (unpaired) electrons. The second kappa shape index (κ2) is 8.61. The van der Waals surface area contributed by atoms with Gasteiger partial charge in [0.1, 0.15) is 12.4 Å². The van der Waals surface area contributed by atoms with Crippen LogP contribution in [0.3, 0.4) is 0 Å². The molecule has 3 aromatic rings. The van der Waals surface area contributed by atoms with Crippen LogP contribution in [0.1, 0.15) is 22.3 Å². The molecule has 0 unspecified atom stereocenters. The molecule has 3 aromatic carbocycles. The molecule has 4 rings (SSSR count). The molecule has 0 bridgehead atoms. The van der Waals surface area contributed by atoms with Crippen molar-refractivity contribution >= 4 is 40.5 Å². The van der Waals surface area contributed by atoms with Crippen molar-refractivity contribution in [1.82, 2.24) is 0 Å². The highest BCUT2D eigenvalue weighted by Gasteiger charge is 2.24. The van der Waals surface area contributed by atoms with Gasteiger partial charge in [0.15, 0.2) is 5.70 Å². The summed E-state index contributed by atoms with van der Waals surface area (Å²) in [5.41, 5.74) is 4.03. The first-order valence-electron chi connectivity index (χ1n) is 9.14. The minimum absolute atomic E-state index is 0.276. The fourth-order valence-electron chi connectivity index (χ4n) is 2.98. The molecule has 0 amide bonds. The number of esters is 1. The zero-order chi connectivity index (χ0) is 20.2. The second-order valence-electron chi connectivity index (χ2n) is 6.64. The molecule has 0 fully saturated rings. The van der Waals surface area contributed by atoms with Crippen LogP contribution in [0, 0.1) is 10.5 Å². The SMILES string of the molecule is Cc1ccccc1C1=N/C(=C\c2cccc(OCc3cccc(I)c3)c2)C(=O)O1. The zero-order valence-corrected chi connectivity index (χ0v) is 17.9. The molecular formula is C24H18INO3. The minimum atomic E-state index is -0.451. The van der Waals surface area contributed by atoms with Crippen LogP contribution in [0.5, 0.6) is 5.75 Å². The molecule has 0 spiro atoms. The predicted octanol–water partition coefficient (Wildman–Crippen LogP) is 5.52. The number of benzene rings is 3. The summed E-state index contributed by atoms with van der Waals surface area (Å²) in [5, 5.41) is 0. The number of hydrogen-bond donors (Lipinski definition) is 0. The van der Waals surface area contributed by atoms with Crippen molar-refractivity contribution in [3.63, 3.8) is 0 Å². The smallest absolute Gasteiger partial charge is 0.363 e. The molecule has 0 aliphatic carbocycles. The van der Waals surface area contributed by atoms with E-state index in [0.717, 1.165) is 28.0 Å². The van der Waals surface area contributed by atoms with Gasteiger partial charge in [-0.15, -0.1) is 0 Å². The Hall–Kier alpha value is -2.93. The number of ether oxygens (including phenoxy) is 2. The van der Waals surface area contributed by atoms with Crippen molar-refractivity contribution < 1.29 is 14.3 Å². The quantitative estimate of drug-likeness (QED) is 0.266. The van der Waals surface area contributed by atoms with E-state index in [1.54, 1.807) is 6.08 Å². The molecule has 1 aliphatic rings. The Labute approximate surface area is 183 Å². The molecule has 1 heterocycles. The first-order chi connectivity index (χ1) is 14.1. The van der Waals surface area contributed by atoms with Gasteiger partial charge >= 0.3 is 5.97 Å². The molecule has 0 atom stereocenters. The molecule has 29 heavy (non-hydrogen) atoms. The van der Waals surface area contributed by atoms with Gasteiger partial charge in [-0.25, -0.2) is 9.79 Å². The van der Waals surface area contributed by atoms with E-state index in [0.29, 0.717) is 12.5 Å². The molecule has 0 saturated carbocycles. The Balaban J connectivity index is 1.53. The lowest BCUT2D eigenvalue weighted by atomic mass is 10.1. The van der Waals surface area contributed by atoms with Crippen LogP contribution in [-0.2, 0) is 16.1 Å². The lowest BCUT2D eigenvalue weighted by Gasteiger charge is -2.07. The Kier molecular flexibility index (Phi) is 5.76. The minimum Gasteiger partial charge on any atom is -0.489 e. The van der Waals surface area contributed by atoms with Gasteiger partial charge < -0.3 is 9.47 Å². The van der Waals surface area contributed by atoms with Gasteiger partial charge in [0.05, 0.1) is 0 Å². The van der Waals surface area contributed by atoms with Crippen molar-refractivity contribution in [2.24, 2.45) is 4.99 Å². The van der Waals surface area contributed by atoms with E-state index in [1.807, 2.05) is 73.7 Å². The van der Waals surface area contributed by atoms with Gasteiger partial charge in [-0.1, -0.05) is 42.5 Å². The summed E-state index contributed by atoms with van der Waals surface area (Å²) in [6.45, 7) is 2.44. The fourth-order valence-corrected chi connectivity index (χ4v) is 3.59. The second-order valence-corrected chi connectivity index (χ2v) is 7.89. The summed E-state index contributed by atoms with van der Waals surface area (Å²) in [7, 11) is 0. The van der Waals surface area contributed by atoms with Crippen molar-refractivity contribution in [2.45, 2.75) is 13.5 Å². The zero-order valence-electron chi connectivity index (χ0n) is 15.8. The summed E-state index contributed by atoms with van der Waals surface area (Å²) < 4.78 is 12.4. The standard InChI is InChI=1S/C24H18INO3/c1-16-6-2-3-11-21(16)23-26-22(24(27)29-23)14-17-7-5-10-20(13-17)28-15-18-8-4-9-19(25)12-18/h2-14H,15H2,1H3/b22-14-. The van der Waals surface area contributed by atoms with E-state index in [4.69, 9.17) is 9.47 Å². The first kappa shape index (κ1) is 19.4. The Morgan fingerprint density at radius 1 is 1.03 bits per heavy atom. The fraction of sp³-hybridized carbons (Fsp3) is 0.0833. The van der Waals surface area contributed by atoms with E-state index in [9.17, 15) is 4.79 Å². The average Bonchev–Trinajstić information content (AvgIpc) is 3.07. The highest BCUT2D eigenvalue weighted by molar-refractivity contribution is 14.1. The molecule has 0 aromatic heterocycles. The number of cyclic esters (lactones) is 1. The Bertz CT molecular complexity index is 1130. The van der Waals surface area contributed by atoms with Gasteiger partial charge in [-0.3, -0.25) is 0 Å². The Morgan fingerprint density at radius 3 is 2.69 bits per heavy atom. The summed E-state index contributed by atoms with van der Waals surface area (Å²) in [5.74, 6) is 0.617. The summed E-state index contributed by atoms with van der Waals surface area (Å²) in [4.78, 5) is 16.7. The number of aliphatic imine (C=N–C) groups is 1. The molecule has 0 N–H and O–H groups in total. The lowest BCUT2D eigenvalue weighted by molar-refractivity contribution is -0.129. The van der Waals surface area contributed by atoms with Gasteiger partial charge in [0, 0.05) is 9.13 Å². The maximum atomic E-state index is 12.3. The number of carbonyl (C=O) groups is 1. The van der Waals surface area contributed by atoms with Crippen LogP contribution in [0.25, 0.3) is 6.08 Å². The van der Waals surface area contributed by atoms with Gasteiger partial charge in [-0.05, 0) is 82.6 Å². The average molecular weight is 495 g/mol. The number of aryl methyl sites for hydroxylation is 1.